The SMILES string of the molecule is CC1Cc2ccccc2N(C2(CN)CCCOC2)C1. The lowest BCUT2D eigenvalue weighted by molar-refractivity contribution is 0.0357. The lowest BCUT2D eigenvalue weighted by Crippen LogP contribution is -2.61. The summed E-state index contributed by atoms with van der Waals surface area (Å²) in [5, 5.41) is 0. The second kappa shape index (κ2) is 5.14. The summed E-state index contributed by atoms with van der Waals surface area (Å²) in [5.74, 6) is 0.681. The van der Waals surface area contributed by atoms with E-state index in [0.717, 1.165) is 32.6 Å². The van der Waals surface area contributed by atoms with E-state index in [-0.39, 0.29) is 5.54 Å². The number of nitrogens with zero attached hydrogens (tertiary/aromatic N) is 1. The van der Waals surface area contributed by atoms with Gasteiger partial charge in [0.2, 0.25) is 0 Å². The van der Waals surface area contributed by atoms with Gasteiger partial charge in [-0.2, -0.15) is 0 Å². The number of benzene rings is 1. The predicted molar refractivity (Wildman–Crippen MR) is 78.5 cm³/mol. The predicted octanol–water partition coefficient (Wildman–Crippen LogP) is 2.19. The van der Waals surface area contributed by atoms with Gasteiger partial charge in [-0.15, -0.1) is 0 Å². The van der Waals surface area contributed by atoms with Gasteiger partial charge in [0.15, 0.2) is 0 Å². The highest BCUT2D eigenvalue weighted by Gasteiger charge is 2.40. The molecule has 104 valence electrons. The molecule has 3 rings (SSSR count). The van der Waals surface area contributed by atoms with Crippen molar-refractivity contribution in [2.75, 3.05) is 31.2 Å². The summed E-state index contributed by atoms with van der Waals surface area (Å²) in [7, 11) is 0. The molecule has 2 N–H and O–H groups in total. The van der Waals surface area contributed by atoms with E-state index < -0.39 is 0 Å². The van der Waals surface area contributed by atoms with Crippen LogP contribution in [0.4, 0.5) is 5.69 Å². The molecular formula is C16H24N2O. The van der Waals surface area contributed by atoms with Crippen LogP contribution >= 0.6 is 0 Å². The molecule has 2 heterocycles. The Bertz CT molecular complexity index is 440. The minimum atomic E-state index is 0.00301. The summed E-state index contributed by atoms with van der Waals surface area (Å²) < 4.78 is 5.76. The molecule has 1 aromatic rings. The van der Waals surface area contributed by atoms with Gasteiger partial charge in [0.25, 0.3) is 0 Å². The number of anilines is 1. The summed E-state index contributed by atoms with van der Waals surface area (Å²) >= 11 is 0. The Morgan fingerprint density at radius 3 is 3.00 bits per heavy atom. The van der Waals surface area contributed by atoms with Crippen LogP contribution < -0.4 is 10.6 Å². The van der Waals surface area contributed by atoms with Crippen molar-refractivity contribution >= 4 is 5.69 Å². The van der Waals surface area contributed by atoms with E-state index in [1.54, 1.807) is 0 Å². The molecule has 0 radical (unpaired) electrons. The van der Waals surface area contributed by atoms with Crippen molar-refractivity contribution < 1.29 is 4.74 Å². The molecule has 0 amide bonds. The second-order valence-electron chi connectivity index (χ2n) is 6.13. The van der Waals surface area contributed by atoms with Crippen LogP contribution in [-0.2, 0) is 11.2 Å². The molecule has 2 aliphatic rings. The Kier molecular flexibility index (Phi) is 3.50. The van der Waals surface area contributed by atoms with Crippen LogP contribution in [0.3, 0.4) is 0 Å². The number of para-hydroxylation sites is 1. The van der Waals surface area contributed by atoms with Crippen molar-refractivity contribution in [3.8, 4) is 0 Å². The first kappa shape index (κ1) is 12.9. The Morgan fingerprint density at radius 1 is 1.42 bits per heavy atom. The third-order valence-electron chi connectivity index (χ3n) is 4.60. The number of nitrogens with two attached hydrogens (primary N) is 1. The van der Waals surface area contributed by atoms with Crippen molar-refractivity contribution in [2.45, 2.75) is 31.7 Å². The molecule has 3 nitrogen and oxygen atoms in total. The van der Waals surface area contributed by atoms with Gasteiger partial charge in [0.1, 0.15) is 0 Å². The smallest absolute Gasteiger partial charge is 0.0757 e. The molecule has 3 heteroatoms. The van der Waals surface area contributed by atoms with Gasteiger partial charge in [0.05, 0.1) is 12.1 Å². The zero-order chi connectivity index (χ0) is 13.3. The van der Waals surface area contributed by atoms with Crippen LogP contribution in [0.2, 0.25) is 0 Å². The normalized spacial score (nSPS) is 31.1. The van der Waals surface area contributed by atoms with Crippen molar-refractivity contribution in [3.63, 3.8) is 0 Å². The molecular weight excluding hydrogens is 236 g/mol. The third-order valence-corrected chi connectivity index (χ3v) is 4.60. The average molecular weight is 260 g/mol. The van der Waals surface area contributed by atoms with E-state index >= 15 is 0 Å². The lowest BCUT2D eigenvalue weighted by Gasteiger charge is -2.50. The van der Waals surface area contributed by atoms with E-state index in [1.807, 2.05) is 0 Å². The topological polar surface area (TPSA) is 38.5 Å². The Hall–Kier alpha value is -1.06. The molecule has 2 unspecified atom stereocenters. The highest BCUT2D eigenvalue weighted by atomic mass is 16.5. The highest BCUT2D eigenvalue weighted by molar-refractivity contribution is 5.58. The zero-order valence-corrected chi connectivity index (χ0v) is 11.8. The monoisotopic (exact) mass is 260 g/mol. The molecule has 0 aromatic heterocycles. The Balaban J connectivity index is 1.99. The molecule has 2 aliphatic heterocycles. The molecule has 0 aliphatic carbocycles. The number of hydrogen-bond acceptors (Lipinski definition) is 3. The van der Waals surface area contributed by atoms with Gasteiger partial charge < -0.3 is 15.4 Å². The van der Waals surface area contributed by atoms with Crippen LogP contribution in [0.15, 0.2) is 24.3 Å². The quantitative estimate of drug-likeness (QED) is 0.886. The van der Waals surface area contributed by atoms with Crippen molar-refractivity contribution in [2.24, 2.45) is 11.7 Å². The molecule has 1 aromatic carbocycles. The van der Waals surface area contributed by atoms with Gasteiger partial charge >= 0.3 is 0 Å². The van der Waals surface area contributed by atoms with Crippen LogP contribution in [0, 0.1) is 5.92 Å². The minimum Gasteiger partial charge on any atom is -0.379 e. The summed E-state index contributed by atoms with van der Waals surface area (Å²) in [6, 6.07) is 8.77. The summed E-state index contributed by atoms with van der Waals surface area (Å²) in [5.41, 5.74) is 8.98. The summed E-state index contributed by atoms with van der Waals surface area (Å²) in [4.78, 5) is 2.54. The zero-order valence-electron chi connectivity index (χ0n) is 11.8. The largest absolute Gasteiger partial charge is 0.379 e. The fourth-order valence-corrected chi connectivity index (χ4v) is 3.57. The Labute approximate surface area is 115 Å². The van der Waals surface area contributed by atoms with Gasteiger partial charge in [-0.05, 0) is 36.8 Å². The van der Waals surface area contributed by atoms with E-state index in [9.17, 15) is 0 Å². The van der Waals surface area contributed by atoms with Crippen LogP contribution in [0.25, 0.3) is 0 Å². The standard InChI is InChI=1S/C16H24N2O/c1-13-9-14-5-2-3-6-15(14)18(10-13)16(11-17)7-4-8-19-12-16/h2-3,5-6,13H,4,7-12,17H2,1H3. The first-order valence-corrected chi connectivity index (χ1v) is 7.38. The third kappa shape index (κ3) is 2.26. The molecule has 2 atom stereocenters. The van der Waals surface area contributed by atoms with E-state index in [4.69, 9.17) is 10.5 Å². The second-order valence-corrected chi connectivity index (χ2v) is 6.13. The van der Waals surface area contributed by atoms with Crippen LogP contribution in [0.1, 0.15) is 25.3 Å². The maximum absolute atomic E-state index is 6.15. The van der Waals surface area contributed by atoms with Crippen LogP contribution in [0.5, 0.6) is 0 Å². The fraction of sp³-hybridized carbons (Fsp3) is 0.625. The molecule has 1 saturated heterocycles. The van der Waals surface area contributed by atoms with E-state index in [1.165, 1.54) is 17.7 Å². The number of rotatable bonds is 2. The Morgan fingerprint density at radius 2 is 2.26 bits per heavy atom. The summed E-state index contributed by atoms with van der Waals surface area (Å²) in [6.07, 6.45) is 3.43. The lowest BCUT2D eigenvalue weighted by atomic mass is 9.84. The first-order valence-electron chi connectivity index (χ1n) is 7.38. The number of ether oxygens (including phenoxy) is 1. The van der Waals surface area contributed by atoms with Gasteiger partial charge in [-0.3, -0.25) is 0 Å². The van der Waals surface area contributed by atoms with Crippen molar-refractivity contribution in [1.29, 1.82) is 0 Å². The molecule has 0 saturated carbocycles. The fourth-order valence-electron chi connectivity index (χ4n) is 3.57. The van der Waals surface area contributed by atoms with Crippen molar-refractivity contribution in [3.05, 3.63) is 29.8 Å². The first-order chi connectivity index (χ1) is 9.25. The number of fused-ring (bicyclic) bond motifs is 1. The summed E-state index contributed by atoms with van der Waals surface area (Å²) in [6.45, 7) is 5.75. The van der Waals surface area contributed by atoms with Gasteiger partial charge in [-0.25, -0.2) is 0 Å². The number of hydrogen-bond donors (Lipinski definition) is 1. The minimum absolute atomic E-state index is 0.00301. The molecule has 0 spiro atoms. The van der Waals surface area contributed by atoms with Crippen molar-refractivity contribution in [1.82, 2.24) is 0 Å². The van der Waals surface area contributed by atoms with Gasteiger partial charge in [0, 0.05) is 25.4 Å². The van der Waals surface area contributed by atoms with Gasteiger partial charge in [-0.1, -0.05) is 25.1 Å². The molecule has 0 bridgehead atoms. The maximum Gasteiger partial charge on any atom is 0.0757 e. The van der Waals surface area contributed by atoms with E-state index in [2.05, 4.69) is 36.1 Å². The van der Waals surface area contributed by atoms with E-state index in [0.29, 0.717) is 12.5 Å². The van der Waals surface area contributed by atoms with Crippen LogP contribution in [-0.4, -0.2) is 31.8 Å². The average Bonchev–Trinajstić information content (AvgIpc) is 2.47. The maximum atomic E-state index is 6.15. The highest BCUT2D eigenvalue weighted by Crippen LogP contribution is 2.37. The molecule has 1 fully saturated rings. The molecule has 19 heavy (non-hydrogen) atoms.